The van der Waals surface area contributed by atoms with Gasteiger partial charge in [0.1, 0.15) is 23.7 Å². The number of rotatable bonds is 6. The maximum atomic E-state index is 12.2. The smallest absolute Gasteiger partial charge is 0.271 e. The second-order valence-electron chi connectivity index (χ2n) is 8.14. The maximum Gasteiger partial charge on any atom is 0.271 e. The summed E-state index contributed by atoms with van der Waals surface area (Å²) < 4.78 is 5.49. The van der Waals surface area contributed by atoms with Crippen molar-refractivity contribution in [2.45, 2.75) is 32.2 Å². The fourth-order valence-corrected chi connectivity index (χ4v) is 4.11. The van der Waals surface area contributed by atoms with Gasteiger partial charge in [-0.1, -0.05) is 0 Å². The number of nitriles is 1. The Morgan fingerprint density at radius 2 is 2.15 bits per heavy atom. The van der Waals surface area contributed by atoms with Crippen LogP contribution in [-0.4, -0.2) is 71.2 Å². The number of anilines is 4. The van der Waals surface area contributed by atoms with E-state index in [4.69, 9.17) is 15.0 Å². The lowest BCUT2D eigenvalue weighted by molar-refractivity contribution is -0.131. The van der Waals surface area contributed by atoms with Gasteiger partial charge in [0.05, 0.1) is 19.3 Å². The largest absolute Gasteiger partial charge is 0.378 e. The number of aromatic amines is 1. The lowest BCUT2D eigenvalue weighted by Gasteiger charge is -2.33. The summed E-state index contributed by atoms with van der Waals surface area (Å²) in [5.74, 6) is 1.59. The summed E-state index contributed by atoms with van der Waals surface area (Å²) in [6.07, 6.45) is 3.16. The SMILES string of the molecule is Cc1c(Nc2ccc[nH]c2=O)nc(NC2CCCN(C(=O)CC#N)C2)nc1N1CCOCC1. The molecule has 4 heterocycles. The molecule has 0 radical (unpaired) electrons. The highest BCUT2D eigenvalue weighted by Gasteiger charge is 2.25. The molecule has 1 atom stereocenters. The van der Waals surface area contributed by atoms with Crippen molar-refractivity contribution in [3.8, 4) is 6.07 Å². The van der Waals surface area contributed by atoms with Gasteiger partial charge < -0.3 is 30.2 Å². The predicted molar refractivity (Wildman–Crippen MR) is 124 cm³/mol. The van der Waals surface area contributed by atoms with Crippen LogP contribution < -0.4 is 21.1 Å². The Balaban J connectivity index is 1.61. The van der Waals surface area contributed by atoms with E-state index in [0.717, 1.165) is 24.2 Å². The topological polar surface area (TPSA) is 139 Å². The van der Waals surface area contributed by atoms with Crippen LogP contribution in [0.1, 0.15) is 24.8 Å². The number of nitrogens with one attached hydrogen (secondary N) is 3. The van der Waals surface area contributed by atoms with Gasteiger partial charge in [0.2, 0.25) is 11.9 Å². The molecule has 2 saturated heterocycles. The third-order valence-corrected chi connectivity index (χ3v) is 5.84. The first-order chi connectivity index (χ1) is 16.0. The van der Waals surface area contributed by atoms with Gasteiger partial charge in [0.25, 0.3) is 5.56 Å². The van der Waals surface area contributed by atoms with Gasteiger partial charge in [-0.05, 0) is 31.9 Å². The van der Waals surface area contributed by atoms with Crippen LogP contribution in [0.2, 0.25) is 0 Å². The van der Waals surface area contributed by atoms with Gasteiger partial charge in [0, 0.05) is 44.0 Å². The Morgan fingerprint density at radius 3 is 2.91 bits per heavy atom. The molecule has 2 aliphatic heterocycles. The number of aromatic nitrogens is 3. The second-order valence-corrected chi connectivity index (χ2v) is 8.14. The van der Waals surface area contributed by atoms with Gasteiger partial charge in [-0.3, -0.25) is 9.59 Å². The van der Waals surface area contributed by atoms with Crippen molar-refractivity contribution < 1.29 is 9.53 Å². The lowest BCUT2D eigenvalue weighted by atomic mass is 10.1. The van der Waals surface area contributed by atoms with E-state index in [9.17, 15) is 9.59 Å². The van der Waals surface area contributed by atoms with E-state index >= 15 is 0 Å². The number of pyridine rings is 1. The average molecular weight is 453 g/mol. The number of morpholine rings is 1. The monoisotopic (exact) mass is 452 g/mol. The molecule has 4 rings (SSSR count). The van der Waals surface area contributed by atoms with Crippen LogP contribution >= 0.6 is 0 Å². The minimum Gasteiger partial charge on any atom is -0.378 e. The molecule has 2 aromatic rings. The zero-order valence-corrected chi connectivity index (χ0v) is 18.6. The number of hydrogen-bond acceptors (Lipinski definition) is 9. The maximum absolute atomic E-state index is 12.2. The van der Waals surface area contributed by atoms with Gasteiger partial charge in [-0.25, -0.2) is 0 Å². The first-order valence-electron chi connectivity index (χ1n) is 11.1. The summed E-state index contributed by atoms with van der Waals surface area (Å²) in [4.78, 5) is 40.4. The highest BCUT2D eigenvalue weighted by Crippen LogP contribution is 2.28. The Morgan fingerprint density at radius 1 is 1.33 bits per heavy atom. The lowest BCUT2D eigenvalue weighted by Crippen LogP contribution is -2.45. The zero-order valence-electron chi connectivity index (χ0n) is 18.6. The molecule has 2 aromatic heterocycles. The van der Waals surface area contributed by atoms with Crippen molar-refractivity contribution >= 4 is 29.2 Å². The molecule has 2 aliphatic rings. The fourth-order valence-electron chi connectivity index (χ4n) is 4.11. The van der Waals surface area contributed by atoms with Crippen molar-refractivity contribution in [3.05, 3.63) is 34.2 Å². The highest BCUT2D eigenvalue weighted by molar-refractivity contribution is 5.78. The van der Waals surface area contributed by atoms with Crippen molar-refractivity contribution in [1.29, 1.82) is 5.26 Å². The van der Waals surface area contributed by atoms with Crippen LogP contribution in [0.4, 0.5) is 23.3 Å². The summed E-state index contributed by atoms with van der Waals surface area (Å²) in [7, 11) is 0. The standard InChI is InChI=1S/C22H28N8O3/c1-15-19(26-17-5-2-8-24-21(17)32)27-22(28-20(15)29-10-12-33-13-11-29)25-16-4-3-9-30(14-16)18(31)6-7-23/h2,5,8,16H,3-4,6,9-14H2,1H3,(H,24,32)(H2,25,26,27,28). The first kappa shape index (κ1) is 22.5. The summed E-state index contributed by atoms with van der Waals surface area (Å²) in [6, 6.07) is 5.34. The molecule has 1 amide bonds. The Hall–Kier alpha value is -3.65. The minimum atomic E-state index is -0.239. The number of piperidine rings is 1. The number of hydrogen-bond donors (Lipinski definition) is 3. The second kappa shape index (κ2) is 10.3. The van der Waals surface area contributed by atoms with Crippen LogP contribution in [-0.2, 0) is 9.53 Å². The number of amides is 1. The van der Waals surface area contributed by atoms with Crippen molar-refractivity contribution in [2.75, 3.05) is 54.9 Å². The molecule has 0 saturated carbocycles. The van der Waals surface area contributed by atoms with Crippen LogP contribution in [0, 0.1) is 18.3 Å². The van der Waals surface area contributed by atoms with E-state index < -0.39 is 0 Å². The molecule has 1 unspecified atom stereocenters. The van der Waals surface area contributed by atoms with E-state index in [-0.39, 0.29) is 23.9 Å². The molecule has 0 aliphatic carbocycles. The first-order valence-corrected chi connectivity index (χ1v) is 11.1. The molecule has 0 aromatic carbocycles. The normalized spacial score (nSPS) is 18.5. The van der Waals surface area contributed by atoms with Crippen molar-refractivity contribution in [3.63, 3.8) is 0 Å². The van der Waals surface area contributed by atoms with Crippen LogP contribution in [0.25, 0.3) is 0 Å². The molecule has 3 N–H and O–H groups in total. The Bertz CT molecular complexity index is 1090. The number of ether oxygens (including phenoxy) is 1. The molecule has 0 spiro atoms. The van der Waals surface area contributed by atoms with E-state index in [0.29, 0.717) is 56.8 Å². The highest BCUT2D eigenvalue weighted by atomic mass is 16.5. The number of carbonyl (C=O) groups excluding carboxylic acids is 1. The molecule has 11 heteroatoms. The third kappa shape index (κ3) is 5.40. The quantitative estimate of drug-likeness (QED) is 0.593. The Labute approximate surface area is 191 Å². The number of nitrogens with zero attached hydrogens (tertiary/aromatic N) is 5. The summed E-state index contributed by atoms with van der Waals surface area (Å²) in [5, 5.41) is 15.4. The van der Waals surface area contributed by atoms with Crippen molar-refractivity contribution in [1.82, 2.24) is 19.9 Å². The summed E-state index contributed by atoms with van der Waals surface area (Å²) >= 11 is 0. The number of carbonyl (C=O) groups is 1. The van der Waals surface area contributed by atoms with E-state index in [1.165, 1.54) is 0 Å². The molecular weight excluding hydrogens is 424 g/mol. The van der Waals surface area contributed by atoms with E-state index in [2.05, 4.69) is 25.5 Å². The van der Waals surface area contributed by atoms with Gasteiger partial charge in [-0.15, -0.1) is 0 Å². The number of likely N-dealkylation sites (tertiary alicyclic amines) is 1. The molecule has 11 nitrogen and oxygen atoms in total. The van der Waals surface area contributed by atoms with Crippen molar-refractivity contribution in [2.24, 2.45) is 0 Å². The average Bonchev–Trinajstić information content (AvgIpc) is 2.83. The zero-order chi connectivity index (χ0) is 23.2. The predicted octanol–water partition coefficient (Wildman–Crippen LogP) is 1.37. The molecule has 0 bridgehead atoms. The third-order valence-electron chi connectivity index (χ3n) is 5.84. The van der Waals surface area contributed by atoms with E-state index in [1.807, 2.05) is 13.0 Å². The van der Waals surface area contributed by atoms with Gasteiger partial charge in [-0.2, -0.15) is 15.2 Å². The molecule has 33 heavy (non-hydrogen) atoms. The summed E-state index contributed by atoms with van der Waals surface area (Å²) in [6.45, 7) is 5.72. The number of H-pyrrole nitrogens is 1. The fraction of sp³-hybridized carbons (Fsp3) is 0.500. The van der Waals surface area contributed by atoms with E-state index in [1.54, 1.807) is 23.2 Å². The molecule has 2 fully saturated rings. The molecule has 174 valence electrons. The van der Waals surface area contributed by atoms with Gasteiger partial charge in [0.15, 0.2) is 0 Å². The molecular formula is C22H28N8O3. The summed E-state index contributed by atoms with van der Waals surface area (Å²) in [5.41, 5.74) is 0.987. The van der Waals surface area contributed by atoms with Crippen LogP contribution in [0.15, 0.2) is 23.1 Å². The van der Waals surface area contributed by atoms with Gasteiger partial charge >= 0.3 is 0 Å². The van der Waals surface area contributed by atoms with Crippen LogP contribution in [0.5, 0.6) is 0 Å². The Kier molecular flexibility index (Phi) is 7.04. The van der Waals surface area contributed by atoms with Crippen LogP contribution in [0.3, 0.4) is 0 Å². The minimum absolute atomic E-state index is 0.0328.